The standard InChI is InChI=1S/2Cr.Mg.7H2O/h;;;7*1H2/q;;+2;;;;;;;/p-2. The first-order valence-corrected chi connectivity index (χ1v) is 0. The number of hydrogen-bond donors (Lipinski definition) is 0. The Kier molecular flexibility index (Phi) is 21400. The molecule has 0 heterocycles. The number of rotatable bonds is 0. The van der Waals surface area contributed by atoms with Crippen LogP contribution in [0.2, 0.25) is 0 Å². The predicted octanol–water partition coefficient (Wildman–Crippen LogP) is -4.86. The van der Waals surface area contributed by atoms with Gasteiger partial charge in [-0.25, -0.2) is 0 Å². The fourth-order valence-electron chi connectivity index (χ4n) is 0. The molecule has 7 nitrogen and oxygen atoms in total. The topological polar surface area (TPSA) is 218 Å². The monoisotopic (exact) mass is 252 g/mol. The zero-order chi connectivity index (χ0) is 0. The van der Waals surface area contributed by atoms with E-state index in [9.17, 15) is 0 Å². The Morgan fingerprint density at radius 3 is 0.400 bits per heavy atom. The molecule has 0 aromatic carbocycles. The normalized spacial score (nSPS) is 0. The molecule has 0 aliphatic heterocycles. The fraction of sp³-hybridized carbons (Fsp3) is 0. The molecule has 0 aliphatic rings. The van der Waals surface area contributed by atoms with E-state index in [-0.39, 0.29) is 96.1 Å². The molecule has 12 N–H and O–H groups in total. The molecular formula is H12Cr2MgO7. The molecule has 0 spiro atoms. The molecule has 0 saturated heterocycles. The van der Waals surface area contributed by atoms with Crippen LogP contribution in [0.25, 0.3) is 0 Å². The molecular weight excluding hydrogens is 240 g/mol. The van der Waals surface area contributed by atoms with E-state index in [4.69, 9.17) is 0 Å². The zero-order valence-electron chi connectivity index (χ0n) is 4.92. The Hall–Kier alpha value is 1.55. The van der Waals surface area contributed by atoms with Crippen LogP contribution < -0.4 is 0 Å². The molecule has 68 valence electrons. The molecule has 0 aromatic rings. The maximum atomic E-state index is 0. The van der Waals surface area contributed by atoms with Gasteiger partial charge in [0, 0.05) is 34.7 Å². The van der Waals surface area contributed by atoms with Gasteiger partial charge in [0.1, 0.15) is 0 Å². The minimum Gasteiger partial charge on any atom is -0.870 e. The Bertz CT molecular complexity index is 11.6. The maximum Gasteiger partial charge on any atom is 2.00 e. The summed E-state index contributed by atoms with van der Waals surface area (Å²) in [5, 5.41) is 0. The summed E-state index contributed by atoms with van der Waals surface area (Å²) in [6, 6.07) is 0. The van der Waals surface area contributed by atoms with Crippen molar-refractivity contribution in [1.82, 2.24) is 0 Å². The SMILES string of the molecule is O.O.O.O.O.[Cr].[Cr].[Mg+2].[OH-].[OH-]. The smallest absolute Gasteiger partial charge is 0.870 e. The van der Waals surface area contributed by atoms with Crippen LogP contribution in [0.4, 0.5) is 0 Å². The molecule has 0 fully saturated rings. The second kappa shape index (κ2) is 400. The van der Waals surface area contributed by atoms with E-state index < -0.39 is 0 Å². The van der Waals surface area contributed by atoms with Crippen molar-refractivity contribution in [2.45, 2.75) is 0 Å². The molecule has 0 unspecified atom stereocenters. The quantitative estimate of drug-likeness (QED) is 0.387. The Balaban J connectivity index is 0. The van der Waals surface area contributed by atoms with Crippen LogP contribution in [-0.4, -0.2) is 61.4 Å². The second-order valence-electron chi connectivity index (χ2n) is 0. The summed E-state index contributed by atoms with van der Waals surface area (Å²) in [5.41, 5.74) is 0. The van der Waals surface area contributed by atoms with Crippen molar-refractivity contribution in [3.8, 4) is 0 Å². The van der Waals surface area contributed by atoms with Crippen LogP contribution in [0.5, 0.6) is 0 Å². The van der Waals surface area contributed by atoms with Crippen LogP contribution in [0, 0.1) is 0 Å². The van der Waals surface area contributed by atoms with Gasteiger partial charge in [0.25, 0.3) is 0 Å². The number of hydrogen-bond acceptors (Lipinski definition) is 2. The first-order valence-electron chi connectivity index (χ1n) is 0. The minimum absolute atomic E-state index is 0. The Labute approximate surface area is 95.8 Å². The van der Waals surface area contributed by atoms with Gasteiger partial charge in [-0.3, -0.25) is 0 Å². The van der Waals surface area contributed by atoms with Gasteiger partial charge in [-0.05, 0) is 0 Å². The molecule has 0 rings (SSSR count). The first kappa shape index (κ1) is 534. The molecule has 0 amide bonds. The van der Waals surface area contributed by atoms with Crippen molar-refractivity contribution in [2.24, 2.45) is 0 Å². The third kappa shape index (κ3) is 290. The summed E-state index contributed by atoms with van der Waals surface area (Å²) in [6.45, 7) is 0. The summed E-state index contributed by atoms with van der Waals surface area (Å²) in [5.74, 6) is 0. The average molecular weight is 252 g/mol. The molecule has 10 heteroatoms. The van der Waals surface area contributed by atoms with Crippen LogP contribution in [0.1, 0.15) is 0 Å². The van der Waals surface area contributed by atoms with Gasteiger partial charge in [0.15, 0.2) is 0 Å². The van der Waals surface area contributed by atoms with Gasteiger partial charge in [-0.1, -0.05) is 0 Å². The van der Waals surface area contributed by atoms with Crippen LogP contribution >= 0.6 is 0 Å². The van der Waals surface area contributed by atoms with E-state index >= 15 is 0 Å². The van der Waals surface area contributed by atoms with E-state index in [1.807, 2.05) is 0 Å². The molecule has 10 heavy (non-hydrogen) atoms. The summed E-state index contributed by atoms with van der Waals surface area (Å²) in [7, 11) is 0. The Morgan fingerprint density at radius 2 is 0.400 bits per heavy atom. The van der Waals surface area contributed by atoms with Gasteiger partial charge >= 0.3 is 23.1 Å². The van der Waals surface area contributed by atoms with Gasteiger partial charge in [0.05, 0.1) is 0 Å². The van der Waals surface area contributed by atoms with Crippen molar-refractivity contribution in [1.29, 1.82) is 0 Å². The molecule has 0 saturated carbocycles. The van der Waals surface area contributed by atoms with Crippen molar-refractivity contribution in [3.63, 3.8) is 0 Å². The Morgan fingerprint density at radius 1 is 0.400 bits per heavy atom. The molecule has 0 aliphatic carbocycles. The van der Waals surface area contributed by atoms with E-state index in [2.05, 4.69) is 0 Å². The van der Waals surface area contributed by atoms with Crippen molar-refractivity contribution >= 4 is 23.1 Å². The largest absolute Gasteiger partial charge is 2.00 e. The minimum atomic E-state index is 0. The summed E-state index contributed by atoms with van der Waals surface area (Å²) in [6.07, 6.45) is 0. The fourth-order valence-corrected chi connectivity index (χ4v) is 0. The van der Waals surface area contributed by atoms with Crippen molar-refractivity contribution in [3.05, 3.63) is 0 Å². The van der Waals surface area contributed by atoms with E-state index in [1.54, 1.807) is 0 Å². The van der Waals surface area contributed by atoms with E-state index in [0.717, 1.165) is 0 Å². The molecule has 0 radical (unpaired) electrons. The summed E-state index contributed by atoms with van der Waals surface area (Å²) in [4.78, 5) is 0. The van der Waals surface area contributed by atoms with Gasteiger partial charge in [0.2, 0.25) is 0 Å². The third-order valence-electron chi connectivity index (χ3n) is 0. The summed E-state index contributed by atoms with van der Waals surface area (Å²) >= 11 is 0. The third-order valence-corrected chi connectivity index (χ3v) is 0. The van der Waals surface area contributed by atoms with Gasteiger partial charge < -0.3 is 38.3 Å². The van der Waals surface area contributed by atoms with Crippen molar-refractivity contribution in [2.75, 3.05) is 0 Å². The van der Waals surface area contributed by atoms with Crippen LogP contribution in [-0.2, 0) is 34.7 Å². The second-order valence-corrected chi connectivity index (χ2v) is 0. The molecule has 0 aromatic heterocycles. The summed E-state index contributed by atoms with van der Waals surface area (Å²) < 4.78 is 0. The van der Waals surface area contributed by atoms with E-state index in [1.165, 1.54) is 0 Å². The van der Waals surface area contributed by atoms with Crippen molar-refractivity contribution < 1.29 is 73.1 Å². The first-order chi connectivity index (χ1) is 0. The maximum absolute atomic E-state index is 0. The molecule has 0 atom stereocenters. The van der Waals surface area contributed by atoms with Crippen LogP contribution in [0.3, 0.4) is 0 Å². The zero-order valence-corrected chi connectivity index (χ0v) is 8.88. The van der Waals surface area contributed by atoms with E-state index in [0.29, 0.717) is 0 Å². The predicted molar refractivity (Wildman–Crippen MR) is 27.7 cm³/mol. The van der Waals surface area contributed by atoms with Gasteiger partial charge in [-0.15, -0.1) is 0 Å². The molecule has 0 bridgehead atoms. The van der Waals surface area contributed by atoms with Gasteiger partial charge in [-0.2, -0.15) is 0 Å². The average Bonchev–Trinajstić information content (AvgIpc) is 0. The van der Waals surface area contributed by atoms with Crippen LogP contribution in [0.15, 0.2) is 0 Å².